The fraction of sp³-hybridized carbons (Fsp3) is 0.429. The molecule has 0 bridgehead atoms. The molecule has 0 amide bonds. The van der Waals surface area contributed by atoms with E-state index in [2.05, 4.69) is 24.1 Å². The van der Waals surface area contributed by atoms with E-state index in [-0.39, 0.29) is 6.04 Å². The minimum atomic E-state index is 0.200. The number of nitrogens with one attached hydrogen (secondary N) is 1. The SMILES string of the molecule is C=CCCCC(NN)c1ccc(OCC)cc1. The van der Waals surface area contributed by atoms with E-state index in [1.165, 1.54) is 5.56 Å². The van der Waals surface area contributed by atoms with Gasteiger partial charge in [-0.15, -0.1) is 6.58 Å². The predicted molar refractivity (Wildman–Crippen MR) is 71.7 cm³/mol. The smallest absolute Gasteiger partial charge is 0.119 e. The predicted octanol–water partition coefficient (Wildman–Crippen LogP) is 2.95. The fourth-order valence-corrected chi connectivity index (χ4v) is 1.78. The van der Waals surface area contributed by atoms with Crippen LogP contribution in [-0.4, -0.2) is 6.61 Å². The van der Waals surface area contributed by atoms with E-state index in [9.17, 15) is 0 Å². The van der Waals surface area contributed by atoms with Gasteiger partial charge in [0.25, 0.3) is 0 Å². The van der Waals surface area contributed by atoms with Gasteiger partial charge in [-0.2, -0.15) is 0 Å². The first-order valence-electron chi connectivity index (χ1n) is 6.11. The molecule has 0 aliphatic carbocycles. The van der Waals surface area contributed by atoms with Crippen LogP contribution < -0.4 is 16.0 Å². The molecule has 0 saturated carbocycles. The van der Waals surface area contributed by atoms with Gasteiger partial charge in [0.2, 0.25) is 0 Å². The second-order valence-corrected chi connectivity index (χ2v) is 3.94. The summed E-state index contributed by atoms with van der Waals surface area (Å²) < 4.78 is 5.41. The zero-order valence-electron chi connectivity index (χ0n) is 10.5. The van der Waals surface area contributed by atoms with Crippen LogP contribution in [0, 0.1) is 0 Å². The van der Waals surface area contributed by atoms with Crippen LogP contribution in [0.3, 0.4) is 0 Å². The van der Waals surface area contributed by atoms with Gasteiger partial charge in [0, 0.05) is 6.04 Å². The molecule has 0 saturated heterocycles. The van der Waals surface area contributed by atoms with Gasteiger partial charge in [-0.05, 0) is 43.9 Å². The lowest BCUT2D eigenvalue weighted by Gasteiger charge is -2.16. The van der Waals surface area contributed by atoms with Gasteiger partial charge in [-0.3, -0.25) is 11.3 Å². The second kappa shape index (κ2) is 7.87. The highest BCUT2D eigenvalue weighted by Crippen LogP contribution is 2.21. The maximum atomic E-state index is 5.58. The molecule has 3 nitrogen and oxygen atoms in total. The number of unbranched alkanes of at least 4 members (excludes halogenated alkanes) is 1. The van der Waals surface area contributed by atoms with Gasteiger partial charge in [0.05, 0.1) is 6.61 Å². The monoisotopic (exact) mass is 234 g/mol. The third-order valence-electron chi connectivity index (χ3n) is 2.70. The average molecular weight is 234 g/mol. The number of rotatable bonds is 8. The Kier molecular flexibility index (Phi) is 6.37. The van der Waals surface area contributed by atoms with Crippen LogP contribution in [0.15, 0.2) is 36.9 Å². The third kappa shape index (κ3) is 4.59. The quantitative estimate of drug-likeness (QED) is 0.315. The minimum Gasteiger partial charge on any atom is -0.494 e. The highest BCUT2D eigenvalue weighted by molar-refractivity contribution is 5.29. The Labute approximate surface area is 104 Å². The highest BCUT2D eigenvalue weighted by atomic mass is 16.5. The van der Waals surface area contributed by atoms with Crippen molar-refractivity contribution in [3.8, 4) is 5.75 Å². The van der Waals surface area contributed by atoms with Crippen molar-refractivity contribution in [3.63, 3.8) is 0 Å². The Morgan fingerprint density at radius 3 is 2.65 bits per heavy atom. The van der Waals surface area contributed by atoms with Crippen LogP contribution in [0.1, 0.15) is 37.8 Å². The molecule has 0 aliphatic heterocycles. The first-order valence-corrected chi connectivity index (χ1v) is 6.11. The van der Waals surface area contributed by atoms with Crippen molar-refractivity contribution >= 4 is 0 Å². The zero-order chi connectivity index (χ0) is 12.5. The molecule has 1 atom stereocenters. The van der Waals surface area contributed by atoms with Gasteiger partial charge in [0.1, 0.15) is 5.75 Å². The van der Waals surface area contributed by atoms with E-state index in [1.807, 2.05) is 25.1 Å². The molecule has 0 aromatic heterocycles. The lowest BCUT2D eigenvalue weighted by Crippen LogP contribution is -2.27. The molecule has 0 heterocycles. The van der Waals surface area contributed by atoms with Crippen molar-refractivity contribution in [1.82, 2.24) is 5.43 Å². The van der Waals surface area contributed by atoms with E-state index in [4.69, 9.17) is 10.6 Å². The van der Waals surface area contributed by atoms with Crippen LogP contribution in [0.2, 0.25) is 0 Å². The molecule has 0 aliphatic rings. The summed E-state index contributed by atoms with van der Waals surface area (Å²) in [5.74, 6) is 6.48. The van der Waals surface area contributed by atoms with Crippen LogP contribution in [0.5, 0.6) is 5.75 Å². The summed E-state index contributed by atoms with van der Waals surface area (Å²) in [7, 11) is 0. The van der Waals surface area contributed by atoms with Crippen molar-refractivity contribution in [2.24, 2.45) is 5.84 Å². The molecule has 0 fully saturated rings. The topological polar surface area (TPSA) is 47.3 Å². The summed E-state index contributed by atoms with van der Waals surface area (Å²) in [5.41, 5.74) is 4.05. The van der Waals surface area contributed by atoms with E-state index in [0.717, 1.165) is 25.0 Å². The van der Waals surface area contributed by atoms with Crippen molar-refractivity contribution in [2.75, 3.05) is 6.61 Å². The third-order valence-corrected chi connectivity index (χ3v) is 2.70. The normalized spacial score (nSPS) is 12.1. The second-order valence-electron chi connectivity index (χ2n) is 3.94. The van der Waals surface area contributed by atoms with Crippen molar-refractivity contribution in [3.05, 3.63) is 42.5 Å². The Balaban J connectivity index is 2.58. The fourth-order valence-electron chi connectivity index (χ4n) is 1.78. The minimum absolute atomic E-state index is 0.200. The van der Waals surface area contributed by atoms with Gasteiger partial charge in [0.15, 0.2) is 0 Å². The molecular weight excluding hydrogens is 212 g/mol. The lowest BCUT2D eigenvalue weighted by molar-refractivity contribution is 0.340. The Morgan fingerprint density at radius 1 is 1.41 bits per heavy atom. The van der Waals surface area contributed by atoms with Crippen molar-refractivity contribution in [1.29, 1.82) is 0 Å². The first kappa shape index (κ1) is 13.7. The van der Waals surface area contributed by atoms with Gasteiger partial charge < -0.3 is 4.74 Å². The Hall–Kier alpha value is -1.32. The van der Waals surface area contributed by atoms with E-state index >= 15 is 0 Å². The number of ether oxygens (including phenoxy) is 1. The summed E-state index contributed by atoms with van der Waals surface area (Å²) in [6.45, 7) is 6.39. The van der Waals surface area contributed by atoms with Gasteiger partial charge >= 0.3 is 0 Å². The van der Waals surface area contributed by atoms with Gasteiger partial charge in [-0.25, -0.2) is 0 Å². The van der Waals surface area contributed by atoms with Crippen LogP contribution >= 0.6 is 0 Å². The van der Waals surface area contributed by atoms with Gasteiger partial charge in [-0.1, -0.05) is 18.2 Å². The molecule has 0 radical (unpaired) electrons. The van der Waals surface area contributed by atoms with Crippen LogP contribution in [-0.2, 0) is 0 Å². The van der Waals surface area contributed by atoms with Crippen LogP contribution in [0.4, 0.5) is 0 Å². The number of nitrogens with two attached hydrogens (primary N) is 1. The Bertz CT molecular complexity index is 321. The Morgan fingerprint density at radius 2 is 2.12 bits per heavy atom. The standard InChI is InChI=1S/C14H22N2O/c1-3-5-6-7-14(16-15)12-8-10-13(11-9-12)17-4-2/h3,8-11,14,16H,1,4-7,15H2,2H3. The largest absolute Gasteiger partial charge is 0.494 e. The van der Waals surface area contributed by atoms with Crippen molar-refractivity contribution in [2.45, 2.75) is 32.2 Å². The van der Waals surface area contributed by atoms with E-state index < -0.39 is 0 Å². The first-order chi connectivity index (χ1) is 8.31. The maximum Gasteiger partial charge on any atom is 0.119 e. The molecular formula is C14H22N2O. The number of benzene rings is 1. The molecule has 1 aromatic carbocycles. The number of hydrazine groups is 1. The molecule has 1 aromatic rings. The summed E-state index contributed by atoms with van der Waals surface area (Å²) in [6.07, 6.45) is 5.06. The van der Waals surface area contributed by atoms with E-state index in [1.54, 1.807) is 0 Å². The summed E-state index contributed by atoms with van der Waals surface area (Å²) in [5, 5.41) is 0. The molecule has 3 heteroatoms. The summed E-state index contributed by atoms with van der Waals surface area (Å²) >= 11 is 0. The molecule has 0 spiro atoms. The molecule has 3 N–H and O–H groups in total. The average Bonchev–Trinajstić information content (AvgIpc) is 2.36. The molecule has 1 unspecified atom stereocenters. The molecule has 17 heavy (non-hydrogen) atoms. The summed E-state index contributed by atoms with van der Waals surface area (Å²) in [6, 6.07) is 8.28. The number of hydrogen-bond donors (Lipinski definition) is 2. The maximum absolute atomic E-state index is 5.58. The van der Waals surface area contributed by atoms with Crippen molar-refractivity contribution < 1.29 is 4.74 Å². The lowest BCUT2D eigenvalue weighted by atomic mass is 10.0. The molecule has 1 rings (SSSR count). The zero-order valence-corrected chi connectivity index (χ0v) is 10.5. The van der Waals surface area contributed by atoms with E-state index in [0.29, 0.717) is 6.61 Å². The molecule has 94 valence electrons. The van der Waals surface area contributed by atoms with Crippen LogP contribution in [0.25, 0.3) is 0 Å². The number of allylic oxidation sites excluding steroid dienone is 1. The summed E-state index contributed by atoms with van der Waals surface area (Å²) in [4.78, 5) is 0. The highest BCUT2D eigenvalue weighted by Gasteiger charge is 2.08. The number of hydrogen-bond acceptors (Lipinski definition) is 3.